The van der Waals surface area contributed by atoms with Crippen LogP contribution in [0.5, 0.6) is 5.75 Å². The number of rotatable bonds is 5. The van der Waals surface area contributed by atoms with Crippen molar-refractivity contribution in [2.24, 2.45) is 17.8 Å². The molecule has 6 rings (SSSR count). The van der Waals surface area contributed by atoms with Gasteiger partial charge in [-0.05, 0) is 78.3 Å². The number of benzene rings is 3. The predicted molar refractivity (Wildman–Crippen MR) is 129 cm³/mol. The largest absolute Gasteiger partial charge is 0.489 e. The van der Waals surface area contributed by atoms with Crippen molar-refractivity contribution in [3.8, 4) is 5.75 Å². The summed E-state index contributed by atoms with van der Waals surface area (Å²) >= 11 is 6.24. The zero-order valence-corrected chi connectivity index (χ0v) is 18.9. The molecule has 33 heavy (non-hydrogen) atoms. The Morgan fingerprint density at radius 1 is 1.03 bits per heavy atom. The van der Waals surface area contributed by atoms with Crippen molar-refractivity contribution in [1.29, 1.82) is 0 Å². The first-order chi connectivity index (χ1) is 16.1. The molecule has 5 atom stereocenters. The van der Waals surface area contributed by atoms with Gasteiger partial charge < -0.3 is 10.1 Å². The van der Waals surface area contributed by atoms with E-state index in [9.17, 15) is 10.1 Å². The SMILES string of the molecule is O=[N+]([O-])c1ccc2c(c1)[C@@H]1[C@H]3CC[C@@H](C3)[C@H]1[C@@H](c1ccc(OCc3ccccc3Cl)cc1)N2. The molecule has 2 bridgehead atoms. The highest BCUT2D eigenvalue weighted by Gasteiger charge is 2.54. The highest BCUT2D eigenvalue weighted by atomic mass is 35.5. The summed E-state index contributed by atoms with van der Waals surface area (Å²) in [6.45, 7) is 0.432. The van der Waals surface area contributed by atoms with Crippen LogP contribution in [0.25, 0.3) is 0 Å². The minimum absolute atomic E-state index is 0.190. The number of nitro benzene ring substituents is 1. The summed E-state index contributed by atoms with van der Waals surface area (Å²) in [5, 5.41) is 15.8. The number of fused-ring (bicyclic) bond motifs is 7. The zero-order valence-electron chi connectivity index (χ0n) is 18.1. The fourth-order valence-electron chi connectivity index (χ4n) is 6.46. The molecule has 6 heteroatoms. The van der Waals surface area contributed by atoms with Crippen LogP contribution in [0, 0.1) is 27.9 Å². The zero-order chi connectivity index (χ0) is 22.5. The molecule has 3 aromatic carbocycles. The van der Waals surface area contributed by atoms with Gasteiger partial charge in [0.25, 0.3) is 5.69 Å². The lowest BCUT2D eigenvalue weighted by Crippen LogP contribution is -2.35. The Morgan fingerprint density at radius 2 is 1.82 bits per heavy atom. The highest BCUT2D eigenvalue weighted by Crippen LogP contribution is 2.63. The fourth-order valence-corrected chi connectivity index (χ4v) is 6.66. The number of anilines is 1. The van der Waals surface area contributed by atoms with Gasteiger partial charge in [0.05, 0.1) is 11.0 Å². The molecule has 0 unspecified atom stereocenters. The number of nitrogens with zero attached hydrogens (tertiary/aromatic N) is 1. The van der Waals surface area contributed by atoms with Crippen molar-refractivity contribution in [1.82, 2.24) is 0 Å². The second-order valence-corrected chi connectivity index (χ2v) is 9.94. The third-order valence-electron chi connectivity index (χ3n) is 7.87. The first kappa shape index (κ1) is 20.5. The third kappa shape index (κ3) is 3.55. The number of hydrogen-bond donors (Lipinski definition) is 1. The van der Waals surface area contributed by atoms with Gasteiger partial charge >= 0.3 is 0 Å². The molecule has 0 spiro atoms. The summed E-state index contributed by atoms with van der Waals surface area (Å²) in [6.07, 6.45) is 3.72. The van der Waals surface area contributed by atoms with Crippen LogP contribution in [0.15, 0.2) is 66.7 Å². The maximum absolute atomic E-state index is 11.4. The minimum atomic E-state index is -0.282. The average Bonchev–Trinajstić information content (AvgIpc) is 3.46. The van der Waals surface area contributed by atoms with Crippen LogP contribution in [0.2, 0.25) is 5.02 Å². The van der Waals surface area contributed by atoms with E-state index in [1.807, 2.05) is 48.5 Å². The van der Waals surface area contributed by atoms with Gasteiger partial charge in [0.1, 0.15) is 12.4 Å². The van der Waals surface area contributed by atoms with E-state index in [4.69, 9.17) is 16.3 Å². The van der Waals surface area contributed by atoms with Crippen LogP contribution < -0.4 is 10.1 Å². The van der Waals surface area contributed by atoms with Gasteiger partial charge in [-0.1, -0.05) is 41.9 Å². The van der Waals surface area contributed by atoms with E-state index < -0.39 is 0 Å². The molecule has 0 radical (unpaired) electrons. The quantitative estimate of drug-likeness (QED) is 0.325. The lowest BCUT2D eigenvalue weighted by Gasteiger charge is -2.43. The molecule has 0 aromatic heterocycles. The second-order valence-electron chi connectivity index (χ2n) is 9.54. The van der Waals surface area contributed by atoms with Crippen molar-refractivity contribution in [3.63, 3.8) is 0 Å². The summed E-state index contributed by atoms with van der Waals surface area (Å²) in [6, 6.07) is 21.6. The first-order valence-electron chi connectivity index (χ1n) is 11.6. The van der Waals surface area contributed by atoms with Crippen molar-refractivity contribution in [2.45, 2.75) is 37.8 Å². The molecule has 2 fully saturated rings. The monoisotopic (exact) mass is 460 g/mol. The summed E-state index contributed by atoms with van der Waals surface area (Å²) in [4.78, 5) is 11.1. The third-order valence-corrected chi connectivity index (χ3v) is 8.24. The predicted octanol–water partition coefficient (Wildman–Crippen LogP) is 7.12. The van der Waals surface area contributed by atoms with Crippen LogP contribution in [-0.2, 0) is 6.61 Å². The number of ether oxygens (including phenoxy) is 1. The van der Waals surface area contributed by atoms with Gasteiger partial charge in [-0.15, -0.1) is 0 Å². The van der Waals surface area contributed by atoms with E-state index in [2.05, 4.69) is 17.4 Å². The molecule has 5 nitrogen and oxygen atoms in total. The Balaban J connectivity index is 1.27. The van der Waals surface area contributed by atoms with Crippen LogP contribution in [0.1, 0.15) is 47.9 Å². The Labute approximate surface area is 197 Å². The molecule has 168 valence electrons. The van der Waals surface area contributed by atoms with Crippen molar-refractivity contribution >= 4 is 23.0 Å². The normalized spacial score (nSPS) is 26.9. The molecule has 3 aromatic rings. The Bertz CT molecular complexity index is 1210. The van der Waals surface area contributed by atoms with Crippen LogP contribution in [0.4, 0.5) is 11.4 Å². The van der Waals surface area contributed by atoms with Crippen molar-refractivity contribution in [2.75, 3.05) is 5.32 Å². The maximum Gasteiger partial charge on any atom is 0.269 e. The number of hydrogen-bond acceptors (Lipinski definition) is 4. The first-order valence-corrected chi connectivity index (χ1v) is 12.0. The summed E-state index contributed by atoms with van der Waals surface area (Å²) in [5.74, 6) is 2.97. The second kappa shape index (κ2) is 8.07. The summed E-state index contributed by atoms with van der Waals surface area (Å²) in [7, 11) is 0. The lowest BCUT2D eigenvalue weighted by molar-refractivity contribution is -0.384. The van der Waals surface area contributed by atoms with Gasteiger partial charge in [-0.3, -0.25) is 10.1 Å². The molecule has 2 aliphatic carbocycles. The maximum atomic E-state index is 11.4. The number of halogens is 1. The topological polar surface area (TPSA) is 64.4 Å². The molecule has 1 aliphatic heterocycles. The smallest absolute Gasteiger partial charge is 0.269 e. The van der Waals surface area contributed by atoms with Crippen LogP contribution in [0.3, 0.4) is 0 Å². The van der Waals surface area contributed by atoms with Gasteiger partial charge in [0.15, 0.2) is 0 Å². The minimum Gasteiger partial charge on any atom is -0.489 e. The lowest BCUT2D eigenvalue weighted by atomic mass is 9.68. The van der Waals surface area contributed by atoms with Crippen LogP contribution in [-0.4, -0.2) is 4.92 Å². The molecule has 1 heterocycles. The summed E-state index contributed by atoms with van der Waals surface area (Å²) < 4.78 is 5.97. The standard InChI is InChI=1S/C27H25ClN2O3/c28-23-4-2-1-3-19(23)15-33-21-10-7-16(8-11-21)27-26-18-6-5-17(13-18)25(26)22-14-20(30(31)32)9-12-24(22)29-27/h1-4,7-12,14,17-18,25-27,29H,5-6,13,15H2/t17-,18-,25-,26+,27+/m0/s1. The van der Waals surface area contributed by atoms with E-state index in [0.717, 1.165) is 22.6 Å². The van der Waals surface area contributed by atoms with Gasteiger partial charge in [0.2, 0.25) is 0 Å². The molecular formula is C27H25ClN2O3. The molecular weight excluding hydrogens is 436 g/mol. The molecule has 2 saturated carbocycles. The van der Waals surface area contributed by atoms with Gasteiger partial charge in [0, 0.05) is 28.4 Å². The molecule has 3 aliphatic rings. The Kier molecular flexibility index (Phi) is 5.02. The molecule has 0 saturated heterocycles. The van der Waals surface area contributed by atoms with E-state index in [-0.39, 0.29) is 16.7 Å². The van der Waals surface area contributed by atoms with Gasteiger partial charge in [-0.25, -0.2) is 0 Å². The van der Waals surface area contributed by atoms with E-state index in [1.54, 1.807) is 6.07 Å². The highest BCUT2D eigenvalue weighted by molar-refractivity contribution is 6.31. The molecule has 0 amide bonds. The van der Waals surface area contributed by atoms with E-state index in [0.29, 0.717) is 35.3 Å². The van der Waals surface area contributed by atoms with Crippen molar-refractivity contribution in [3.05, 3.63) is 98.6 Å². The van der Waals surface area contributed by atoms with Gasteiger partial charge in [-0.2, -0.15) is 0 Å². The number of non-ortho nitro benzene ring substituents is 1. The average molecular weight is 461 g/mol. The van der Waals surface area contributed by atoms with E-state index >= 15 is 0 Å². The van der Waals surface area contributed by atoms with E-state index in [1.165, 1.54) is 24.8 Å². The summed E-state index contributed by atoms with van der Waals surface area (Å²) in [5.41, 5.74) is 4.57. The number of nitro groups is 1. The Hall–Kier alpha value is -3.05. The Morgan fingerprint density at radius 3 is 2.61 bits per heavy atom. The fraction of sp³-hybridized carbons (Fsp3) is 0.333. The van der Waals surface area contributed by atoms with Crippen LogP contribution >= 0.6 is 11.6 Å². The molecule has 1 N–H and O–H groups in total. The van der Waals surface area contributed by atoms with Crippen molar-refractivity contribution < 1.29 is 9.66 Å². The number of nitrogens with one attached hydrogen (secondary N) is 1.